The van der Waals surface area contributed by atoms with Crippen molar-refractivity contribution in [2.45, 2.75) is 20.8 Å². The first kappa shape index (κ1) is 13.1. The Labute approximate surface area is 99.9 Å². The SMILES string of the molecule is CC(=NC(C=O)=C(C)C)c1ccc(N)c(F)c1. The Morgan fingerprint density at radius 2 is 2.00 bits per heavy atom. The highest BCUT2D eigenvalue weighted by Crippen LogP contribution is 2.14. The van der Waals surface area contributed by atoms with Crippen LogP contribution in [-0.4, -0.2) is 12.0 Å². The standard InChI is InChI=1S/C13H15FN2O/c1-8(2)13(7-17)16-9(3)10-4-5-12(15)11(14)6-10/h4-7H,15H2,1-3H3. The number of hydrogen-bond acceptors (Lipinski definition) is 3. The van der Waals surface area contributed by atoms with Gasteiger partial charge in [0.15, 0.2) is 6.29 Å². The molecule has 1 aromatic carbocycles. The fourth-order valence-electron chi connectivity index (χ4n) is 1.25. The summed E-state index contributed by atoms with van der Waals surface area (Å²) in [6.45, 7) is 5.31. The van der Waals surface area contributed by atoms with E-state index >= 15 is 0 Å². The molecule has 1 rings (SSSR count). The molecule has 0 saturated heterocycles. The van der Waals surface area contributed by atoms with Crippen LogP contribution in [0.3, 0.4) is 0 Å². The topological polar surface area (TPSA) is 55.5 Å². The van der Waals surface area contributed by atoms with Gasteiger partial charge in [-0.3, -0.25) is 4.79 Å². The average Bonchev–Trinajstić information content (AvgIpc) is 2.28. The molecule has 2 N–H and O–H groups in total. The van der Waals surface area contributed by atoms with Gasteiger partial charge in [-0.2, -0.15) is 0 Å². The highest BCUT2D eigenvalue weighted by Gasteiger charge is 2.04. The number of benzene rings is 1. The first-order chi connectivity index (χ1) is 7.95. The lowest BCUT2D eigenvalue weighted by atomic mass is 10.1. The Hall–Kier alpha value is -1.97. The Kier molecular flexibility index (Phi) is 4.15. The van der Waals surface area contributed by atoms with E-state index < -0.39 is 5.82 Å². The van der Waals surface area contributed by atoms with Crippen molar-refractivity contribution in [2.75, 3.05) is 5.73 Å². The number of carbonyl (C=O) groups excluding carboxylic acids is 1. The van der Waals surface area contributed by atoms with Crippen molar-refractivity contribution in [1.29, 1.82) is 0 Å². The zero-order valence-corrected chi connectivity index (χ0v) is 10.1. The van der Waals surface area contributed by atoms with Gasteiger partial charge in [-0.1, -0.05) is 6.07 Å². The van der Waals surface area contributed by atoms with E-state index in [0.29, 0.717) is 23.3 Å². The molecule has 0 heterocycles. The summed E-state index contributed by atoms with van der Waals surface area (Å²) in [6, 6.07) is 4.46. The predicted octanol–water partition coefficient (Wildman–Crippen LogP) is 2.71. The highest BCUT2D eigenvalue weighted by atomic mass is 19.1. The minimum absolute atomic E-state index is 0.0966. The number of nitrogen functional groups attached to an aromatic ring is 1. The molecule has 17 heavy (non-hydrogen) atoms. The van der Waals surface area contributed by atoms with E-state index in [1.807, 2.05) is 0 Å². The average molecular weight is 234 g/mol. The van der Waals surface area contributed by atoms with Gasteiger partial charge in [-0.25, -0.2) is 9.38 Å². The molecule has 0 bridgehead atoms. The van der Waals surface area contributed by atoms with Crippen LogP contribution in [0.1, 0.15) is 26.3 Å². The highest BCUT2D eigenvalue weighted by molar-refractivity contribution is 6.01. The fraction of sp³-hybridized carbons (Fsp3) is 0.231. The predicted molar refractivity (Wildman–Crippen MR) is 67.5 cm³/mol. The van der Waals surface area contributed by atoms with Gasteiger partial charge >= 0.3 is 0 Å². The largest absolute Gasteiger partial charge is 0.396 e. The van der Waals surface area contributed by atoms with Crippen molar-refractivity contribution in [3.63, 3.8) is 0 Å². The van der Waals surface area contributed by atoms with Gasteiger partial charge in [0, 0.05) is 5.71 Å². The smallest absolute Gasteiger partial charge is 0.168 e. The summed E-state index contributed by atoms with van der Waals surface area (Å²) in [6.07, 6.45) is 0.687. The summed E-state index contributed by atoms with van der Waals surface area (Å²) >= 11 is 0. The van der Waals surface area contributed by atoms with Crippen LogP contribution in [0.2, 0.25) is 0 Å². The lowest BCUT2D eigenvalue weighted by Crippen LogP contribution is -2.00. The number of nitrogens with zero attached hydrogens (tertiary/aromatic N) is 1. The normalized spacial score (nSPS) is 11.2. The summed E-state index contributed by atoms with van der Waals surface area (Å²) in [7, 11) is 0. The minimum Gasteiger partial charge on any atom is -0.396 e. The van der Waals surface area contributed by atoms with Crippen LogP contribution in [0.4, 0.5) is 10.1 Å². The van der Waals surface area contributed by atoms with Crippen LogP contribution in [0, 0.1) is 5.82 Å². The van der Waals surface area contributed by atoms with Crippen LogP contribution in [0.15, 0.2) is 34.5 Å². The van der Waals surface area contributed by atoms with Crippen molar-refractivity contribution >= 4 is 17.7 Å². The molecule has 0 aliphatic rings. The van der Waals surface area contributed by atoms with Crippen LogP contribution in [0.25, 0.3) is 0 Å². The zero-order valence-electron chi connectivity index (χ0n) is 10.1. The van der Waals surface area contributed by atoms with Crippen LogP contribution >= 0.6 is 0 Å². The summed E-state index contributed by atoms with van der Waals surface area (Å²) in [5.74, 6) is -0.484. The first-order valence-electron chi connectivity index (χ1n) is 5.19. The van der Waals surface area contributed by atoms with E-state index in [0.717, 1.165) is 5.57 Å². The molecule has 0 aliphatic carbocycles. The quantitative estimate of drug-likeness (QED) is 0.378. The molecule has 1 aromatic rings. The van der Waals surface area contributed by atoms with Crippen molar-refractivity contribution < 1.29 is 9.18 Å². The van der Waals surface area contributed by atoms with Crippen molar-refractivity contribution in [1.82, 2.24) is 0 Å². The molecule has 4 heteroatoms. The van der Waals surface area contributed by atoms with E-state index in [4.69, 9.17) is 5.73 Å². The van der Waals surface area contributed by atoms with Gasteiger partial charge in [0.1, 0.15) is 11.5 Å². The maximum absolute atomic E-state index is 13.3. The number of nitrogens with two attached hydrogens (primary N) is 1. The molecule has 0 saturated carbocycles. The van der Waals surface area contributed by atoms with Gasteiger partial charge < -0.3 is 5.73 Å². The molecule has 0 amide bonds. The Morgan fingerprint density at radius 1 is 1.35 bits per heavy atom. The Morgan fingerprint density at radius 3 is 2.47 bits per heavy atom. The van der Waals surface area contributed by atoms with Gasteiger partial charge in [-0.05, 0) is 44.0 Å². The van der Waals surface area contributed by atoms with Crippen LogP contribution in [0.5, 0.6) is 0 Å². The molecule has 0 unspecified atom stereocenters. The van der Waals surface area contributed by atoms with Gasteiger partial charge in [0.2, 0.25) is 0 Å². The van der Waals surface area contributed by atoms with E-state index in [1.165, 1.54) is 12.1 Å². The molecule has 3 nitrogen and oxygen atoms in total. The Balaban J connectivity index is 3.16. The van der Waals surface area contributed by atoms with Crippen molar-refractivity contribution in [3.05, 3.63) is 40.8 Å². The fourth-order valence-corrected chi connectivity index (χ4v) is 1.25. The van der Waals surface area contributed by atoms with E-state index in [1.54, 1.807) is 26.8 Å². The third-order valence-corrected chi connectivity index (χ3v) is 2.33. The summed E-state index contributed by atoms with van der Waals surface area (Å²) in [5.41, 5.74) is 7.84. The second-order valence-electron chi connectivity index (χ2n) is 3.94. The lowest BCUT2D eigenvalue weighted by molar-refractivity contribution is -0.105. The van der Waals surface area contributed by atoms with Crippen LogP contribution < -0.4 is 5.73 Å². The van der Waals surface area contributed by atoms with Gasteiger partial charge in [-0.15, -0.1) is 0 Å². The van der Waals surface area contributed by atoms with Gasteiger partial charge in [0.25, 0.3) is 0 Å². The number of aliphatic imine (C=N–C) groups is 1. The number of anilines is 1. The van der Waals surface area contributed by atoms with Crippen LogP contribution in [-0.2, 0) is 4.79 Å². The number of aldehydes is 1. The van der Waals surface area contributed by atoms with E-state index in [2.05, 4.69) is 4.99 Å². The maximum Gasteiger partial charge on any atom is 0.168 e. The molecule has 0 aliphatic heterocycles. The third-order valence-electron chi connectivity index (χ3n) is 2.33. The van der Waals surface area contributed by atoms with Crippen molar-refractivity contribution in [3.8, 4) is 0 Å². The molecule has 0 aromatic heterocycles. The molecule has 0 spiro atoms. The summed E-state index contributed by atoms with van der Waals surface area (Å²) in [5, 5.41) is 0. The number of hydrogen-bond donors (Lipinski definition) is 1. The zero-order chi connectivity index (χ0) is 13.0. The lowest BCUT2D eigenvalue weighted by Gasteiger charge is -2.03. The first-order valence-corrected chi connectivity index (χ1v) is 5.19. The van der Waals surface area contributed by atoms with E-state index in [-0.39, 0.29) is 5.69 Å². The molecule has 0 fully saturated rings. The maximum atomic E-state index is 13.3. The molecule has 0 atom stereocenters. The molecule has 0 radical (unpaired) electrons. The molecule has 90 valence electrons. The number of rotatable bonds is 3. The minimum atomic E-state index is -0.484. The number of halogens is 1. The molecular weight excluding hydrogens is 219 g/mol. The number of allylic oxidation sites excluding steroid dienone is 2. The number of carbonyl (C=O) groups is 1. The summed E-state index contributed by atoms with van der Waals surface area (Å²) in [4.78, 5) is 14.9. The monoisotopic (exact) mass is 234 g/mol. The van der Waals surface area contributed by atoms with E-state index in [9.17, 15) is 9.18 Å². The Bertz CT molecular complexity index is 500. The summed E-state index contributed by atoms with van der Waals surface area (Å²) < 4.78 is 13.3. The second kappa shape index (κ2) is 5.39. The molecular formula is C13H15FN2O. The third kappa shape index (κ3) is 3.24. The van der Waals surface area contributed by atoms with Crippen molar-refractivity contribution in [2.24, 2.45) is 4.99 Å². The second-order valence-corrected chi connectivity index (χ2v) is 3.94. The van der Waals surface area contributed by atoms with Gasteiger partial charge in [0.05, 0.1) is 5.69 Å².